The minimum atomic E-state index is -0.138. The molecule has 2 unspecified atom stereocenters. The van der Waals surface area contributed by atoms with Crippen LogP contribution in [0.1, 0.15) is 38.7 Å². The average Bonchev–Trinajstić information content (AvgIpc) is 3.08. The molecular weight excluding hydrogens is 316 g/mol. The molecule has 3 heterocycles. The Hall–Kier alpha value is -2.37. The molecular formula is C19H24N4O2. The second-order valence-electron chi connectivity index (χ2n) is 7.17. The topological polar surface area (TPSA) is 56.2 Å². The van der Waals surface area contributed by atoms with E-state index in [4.69, 9.17) is 0 Å². The van der Waals surface area contributed by atoms with Gasteiger partial charge < -0.3 is 4.90 Å². The zero-order chi connectivity index (χ0) is 17.6. The van der Waals surface area contributed by atoms with Crippen LogP contribution >= 0.6 is 0 Å². The number of carbonyl (C=O) groups is 2. The van der Waals surface area contributed by atoms with Crippen LogP contribution in [0.4, 0.5) is 10.5 Å². The normalized spacial score (nSPS) is 25.6. The molecule has 2 atom stereocenters. The lowest BCUT2D eigenvalue weighted by Crippen LogP contribution is -2.56. The van der Waals surface area contributed by atoms with Gasteiger partial charge in [0.25, 0.3) is 0 Å². The van der Waals surface area contributed by atoms with Crippen molar-refractivity contribution in [1.29, 1.82) is 0 Å². The lowest BCUT2D eigenvalue weighted by molar-refractivity contribution is -0.135. The minimum Gasteiger partial charge on any atom is -0.336 e. The highest BCUT2D eigenvalue weighted by molar-refractivity contribution is 6.20. The van der Waals surface area contributed by atoms with Gasteiger partial charge in [-0.05, 0) is 45.2 Å². The summed E-state index contributed by atoms with van der Waals surface area (Å²) in [5.41, 5.74) is 1.72. The van der Waals surface area contributed by atoms with E-state index in [1.54, 1.807) is 9.80 Å². The lowest BCUT2D eigenvalue weighted by atomic mass is 9.97. The van der Waals surface area contributed by atoms with E-state index in [1.165, 1.54) is 0 Å². The summed E-state index contributed by atoms with van der Waals surface area (Å²) in [6.07, 6.45) is 3.22. The third-order valence-electron chi connectivity index (χ3n) is 5.51. The quantitative estimate of drug-likeness (QED) is 0.830. The highest BCUT2D eigenvalue weighted by atomic mass is 16.2. The van der Waals surface area contributed by atoms with Crippen LogP contribution in [0.5, 0.6) is 0 Å². The molecule has 0 saturated carbocycles. The Bertz CT molecular complexity index is 735. The Morgan fingerprint density at radius 3 is 2.68 bits per heavy atom. The number of nitrogens with zero attached hydrogens (tertiary/aromatic N) is 4. The van der Waals surface area contributed by atoms with Crippen molar-refractivity contribution in [3.8, 4) is 0 Å². The zero-order valence-corrected chi connectivity index (χ0v) is 14.8. The van der Waals surface area contributed by atoms with Gasteiger partial charge in [0.2, 0.25) is 5.91 Å². The minimum absolute atomic E-state index is 0.0300. The fourth-order valence-electron chi connectivity index (χ4n) is 4.29. The summed E-state index contributed by atoms with van der Waals surface area (Å²) in [4.78, 5) is 35.7. The number of amidine groups is 1. The smallest absolute Gasteiger partial charge is 0.330 e. The summed E-state index contributed by atoms with van der Waals surface area (Å²) in [6, 6.07) is 8.05. The first-order valence-electron chi connectivity index (χ1n) is 9.12. The number of benzene rings is 1. The van der Waals surface area contributed by atoms with Crippen LogP contribution in [0.15, 0.2) is 29.3 Å². The van der Waals surface area contributed by atoms with Gasteiger partial charge >= 0.3 is 6.03 Å². The highest BCUT2D eigenvalue weighted by Crippen LogP contribution is 2.31. The fourth-order valence-corrected chi connectivity index (χ4v) is 4.29. The molecule has 0 aliphatic carbocycles. The Morgan fingerprint density at radius 2 is 1.92 bits per heavy atom. The molecule has 6 heteroatoms. The fraction of sp³-hybridized carbons (Fsp3) is 0.526. The number of hydrogen-bond donors (Lipinski definition) is 0. The van der Waals surface area contributed by atoms with Gasteiger partial charge in [-0.3, -0.25) is 19.6 Å². The van der Waals surface area contributed by atoms with Crippen molar-refractivity contribution in [1.82, 2.24) is 9.80 Å². The molecule has 0 spiro atoms. The molecule has 0 radical (unpaired) electrons. The number of aliphatic imine (C=N–C) groups is 1. The van der Waals surface area contributed by atoms with Crippen molar-refractivity contribution in [3.63, 3.8) is 0 Å². The number of urea groups is 1. The van der Waals surface area contributed by atoms with Gasteiger partial charge in [-0.25, -0.2) is 4.79 Å². The average molecular weight is 340 g/mol. The summed E-state index contributed by atoms with van der Waals surface area (Å²) < 4.78 is 0. The second-order valence-corrected chi connectivity index (χ2v) is 7.17. The number of fused-ring (bicyclic) bond motifs is 3. The van der Waals surface area contributed by atoms with Crippen LogP contribution in [0, 0.1) is 0 Å². The summed E-state index contributed by atoms with van der Waals surface area (Å²) in [7, 11) is 0. The number of piperidine rings is 1. The molecule has 3 aliphatic heterocycles. The summed E-state index contributed by atoms with van der Waals surface area (Å²) in [5.74, 6) is 0.770. The van der Waals surface area contributed by atoms with Crippen LogP contribution in [0.25, 0.3) is 0 Å². The molecule has 0 aromatic heterocycles. The van der Waals surface area contributed by atoms with Crippen molar-refractivity contribution in [3.05, 3.63) is 29.8 Å². The highest BCUT2D eigenvalue weighted by Gasteiger charge is 2.39. The van der Waals surface area contributed by atoms with Crippen LogP contribution in [0.3, 0.4) is 0 Å². The molecule has 1 aromatic carbocycles. The van der Waals surface area contributed by atoms with Crippen molar-refractivity contribution in [2.45, 2.75) is 45.2 Å². The van der Waals surface area contributed by atoms with Crippen LogP contribution in [-0.2, 0) is 4.79 Å². The summed E-state index contributed by atoms with van der Waals surface area (Å²) in [6.45, 7) is 5.50. The standard InChI is InChI=1S/C19H24N4O2/c1-13-6-5-7-14(2)23(13)17(24)12-22-16-9-4-3-8-15(16)18-20-10-11-21(18)19(22)25/h3-4,8-9,13-14H,5-7,10-12H2,1-2H3. The molecule has 1 aromatic rings. The third-order valence-corrected chi connectivity index (χ3v) is 5.51. The van der Waals surface area contributed by atoms with Gasteiger partial charge in [-0.1, -0.05) is 12.1 Å². The second kappa shape index (κ2) is 6.17. The Labute approximate surface area is 148 Å². The monoisotopic (exact) mass is 340 g/mol. The third kappa shape index (κ3) is 2.60. The first-order valence-corrected chi connectivity index (χ1v) is 9.12. The Kier molecular flexibility index (Phi) is 3.98. The lowest BCUT2D eigenvalue weighted by Gasteiger charge is -2.41. The van der Waals surface area contributed by atoms with Crippen LogP contribution in [-0.4, -0.2) is 59.3 Å². The number of para-hydroxylation sites is 1. The molecule has 4 rings (SSSR count). The molecule has 3 amide bonds. The maximum atomic E-state index is 13.0. The Balaban J connectivity index is 1.64. The molecule has 3 aliphatic rings. The maximum Gasteiger partial charge on any atom is 0.330 e. The number of anilines is 1. The van der Waals surface area contributed by atoms with E-state index in [0.29, 0.717) is 13.1 Å². The van der Waals surface area contributed by atoms with Crippen LogP contribution in [0.2, 0.25) is 0 Å². The largest absolute Gasteiger partial charge is 0.336 e. The van der Waals surface area contributed by atoms with E-state index in [0.717, 1.165) is 36.3 Å². The van der Waals surface area contributed by atoms with Gasteiger partial charge in [-0.15, -0.1) is 0 Å². The molecule has 1 fully saturated rings. The zero-order valence-electron chi connectivity index (χ0n) is 14.8. The maximum absolute atomic E-state index is 13.0. The number of carbonyl (C=O) groups excluding carboxylic acids is 2. The molecule has 0 bridgehead atoms. The molecule has 1 saturated heterocycles. The van der Waals surface area contributed by atoms with Crippen molar-refractivity contribution in [2.75, 3.05) is 24.5 Å². The predicted molar refractivity (Wildman–Crippen MR) is 96.9 cm³/mol. The van der Waals surface area contributed by atoms with E-state index >= 15 is 0 Å². The van der Waals surface area contributed by atoms with Gasteiger partial charge in [-0.2, -0.15) is 0 Å². The molecule has 132 valence electrons. The van der Waals surface area contributed by atoms with E-state index < -0.39 is 0 Å². The van der Waals surface area contributed by atoms with E-state index in [2.05, 4.69) is 18.8 Å². The molecule has 25 heavy (non-hydrogen) atoms. The van der Waals surface area contributed by atoms with Crippen molar-refractivity contribution in [2.24, 2.45) is 4.99 Å². The summed E-state index contributed by atoms with van der Waals surface area (Å²) in [5, 5.41) is 0. The number of likely N-dealkylation sites (tertiary alicyclic amines) is 1. The van der Waals surface area contributed by atoms with Gasteiger partial charge in [0.15, 0.2) is 0 Å². The van der Waals surface area contributed by atoms with Crippen LogP contribution < -0.4 is 4.90 Å². The molecule has 6 nitrogen and oxygen atoms in total. The first-order chi connectivity index (χ1) is 12.1. The SMILES string of the molecule is CC1CCCC(C)N1C(=O)CN1C(=O)N2CCN=C2c2ccccc21. The number of rotatable bonds is 2. The van der Waals surface area contributed by atoms with E-state index in [9.17, 15) is 9.59 Å². The first kappa shape index (κ1) is 16.1. The number of hydrogen-bond acceptors (Lipinski definition) is 3. The number of amides is 3. The van der Waals surface area contributed by atoms with Crippen molar-refractivity contribution < 1.29 is 9.59 Å². The van der Waals surface area contributed by atoms with Crippen molar-refractivity contribution >= 4 is 23.5 Å². The molecule has 0 N–H and O–H groups in total. The summed E-state index contributed by atoms with van der Waals surface area (Å²) >= 11 is 0. The van der Waals surface area contributed by atoms with E-state index in [1.807, 2.05) is 29.2 Å². The van der Waals surface area contributed by atoms with Gasteiger partial charge in [0.05, 0.1) is 12.2 Å². The van der Waals surface area contributed by atoms with Gasteiger partial charge in [0.1, 0.15) is 12.4 Å². The van der Waals surface area contributed by atoms with E-state index in [-0.39, 0.29) is 30.6 Å². The van der Waals surface area contributed by atoms with Gasteiger partial charge in [0, 0.05) is 24.2 Å². The predicted octanol–water partition coefficient (Wildman–Crippen LogP) is 2.48. The Morgan fingerprint density at radius 1 is 1.20 bits per heavy atom.